The number of hydrogen-bond donors (Lipinski definition) is 4. The molecule has 2 aromatic carbocycles. The lowest BCUT2D eigenvalue weighted by molar-refractivity contribution is -0.117. The zero-order valence-electron chi connectivity index (χ0n) is 17.5. The zero-order chi connectivity index (χ0) is 23.6. The van der Waals surface area contributed by atoms with Crippen molar-refractivity contribution in [2.45, 2.75) is 6.92 Å². The highest BCUT2D eigenvalue weighted by molar-refractivity contribution is 6.30. The van der Waals surface area contributed by atoms with Crippen LogP contribution in [0.3, 0.4) is 0 Å². The third-order valence-corrected chi connectivity index (χ3v) is 4.28. The highest BCUT2D eigenvalue weighted by atomic mass is 35.5. The first-order valence-corrected chi connectivity index (χ1v) is 10.1. The van der Waals surface area contributed by atoms with Gasteiger partial charge < -0.3 is 15.4 Å². The molecule has 0 aliphatic heterocycles. The van der Waals surface area contributed by atoms with Crippen LogP contribution in [0.4, 0.5) is 16.2 Å². The van der Waals surface area contributed by atoms with E-state index in [1.54, 1.807) is 67.6 Å². The molecule has 4 N–H and O–H groups in total. The van der Waals surface area contributed by atoms with Crippen LogP contribution < -0.4 is 26.2 Å². The quantitative estimate of drug-likeness (QED) is 0.315. The zero-order valence-corrected chi connectivity index (χ0v) is 18.2. The van der Waals surface area contributed by atoms with Crippen molar-refractivity contribution < 1.29 is 19.1 Å². The Balaban J connectivity index is 1.55. The average molecular weight is 466 g/mol. The number of hydrogen-bond acceptors (Lipinski definition) is 5. The van der Waals surface area contributed by atoms with Gasteiger partial charge in [0.15, 0.2) is 0 Å². The van der Waals surface area contributed by atoms with Crippen LogP contribution in [0.1, 0.15) is 17.4 Å². The predicted octanol–water partition coefficient (Wildman–Crippen LogP) is 4.51. The Morgan fingerprint density at radius 1 is 0.879 bits per heavy atom. The fourth-order valence-corrected chi connectivity index (χ4v) is 2.67. The summed E-state index contributed by atoms with van der Waals surface area (Å²) in [5.74, 6) is -0.202. The number of benzene rings is 2. The van der Waals surface area contributed by atoms with Gasteiger partial charge in [-0.3, -0.25) is 25.4 Å². The first-order chi connectivity index (χ1) is 15.9. The lowest BCUT2D eigenvalue weighted by atomic mass is 10.3. The molecule has 0 fully saturated rings. The number of pyridine rings is 1. The molecule has 1 heterocycles. The van der Waals surface area contributed by atoms with Gasteiger partial charge >= 0.3 is 6.03 Å². The van der Waals surface area contributed by atoms with Gasteiger partial charge in [0, 0.05) is 34.7 Å². The van der Waals surface area contributed by atoms with Gasteiger partial charge in [0.05, 0.1) is 0 Å². The van der Waals surface area contributed by atoms with Crippen LogP contribution in [0, 0.1) is 0 Å². The van der Waals surface area contributed by atoms with Crippen molar-refractivity contribution >= 4 is 40.8 Å². The summed E-state index contributed by atoms with van der Waals surface area (Å²) in [5, 5.41) is 5.99. The monoisotopic (exact) mass is 465 g/mol. The lowest BCUT2D eigenvalue weighted by Gasteiger charge is -2.10. The molecule has 0 atom stereocenters. The smallest absolute Gasteiger partial charge is 0.323 e. The molecule has 33 heavy (non-hydrogen) atoms. The highest BCUT2D eigenvalue weighted by Gasteiger charge is 2.10. The third kappa shape index (κ3) is 7.37. The van der Waals surface area contributed by atoms with E-state index < -0.39 is 17.8 Å². The second-order valence-electron chi connectivity index (χ2n) is 6.53. The number of carbonyl (C=O) groups excluding carboxylic acids is 3. The van der Waals surface area contributed by atoms with E-state index in [-0.39, 0.29) is 5.69 Å². The molecular formula is C23H20ClN5O4. The molecule has 0 aliphatic carbocycles. The topological polar surface area (TPSA) is 121 Å². The normalized spacial score (nSPS) is 10.4. The Morgan fingerprint density at radius 2 is 1.52 bits per heavy atom. The fraction of sp³-hybridized carbons (Fsp3) is 0.0435. The Labute approximate surface area is 194 Å². The molecule has 0 saturated heterocycles. The van der Waals surface area contributed by atoms with Gasteiger partial charge in [-0.15, -0.1) is 0 Å². The molecule has 10 heteroatoms. The number of nitrogens with zero attached hydrogens (tertiary/aromatic N) is 1. The SMILES string of the molecule is C/C=C/C(=O)NNC(=O)c1cc(Oc2ccc(NC(=O)Nc3ccc(Cl)cc3)cc2)ccn1. The molecule has 168 valence electrons. The van der Waals surface area contributed by atoms with Crippen molar-refractivity contribution in [2.75, 3.05) is 10.6 Å². The van der Waals surface area contributed by atoms with E-state index in [1.165, 1.54) is 18.3 Å². The summed E-state index contributed by atoms with van der Waals surface area (Å²) in [7, 11) is 0. The summed E-state index contributed by atoms with van der Waals surface area (Å²) < 4.78 is 5.74. The van der Waals surface area contributed by atoms with E-state index >= 15 is 0 Å². The summed E-state index contributed by atoms with van der Waals surface area (Å²) in [6, 6.07) is 16.0. The van der Waals surface area contributed by atoms with Crippen LogP contribution >= 0.6 is 11.6 Å². The van der Waals surface area contributed by atoms with Gasteiger partial charge in [0.1, 0.15) is 17.2 Å². The molecule has 0 spiro atoms. The number of ether oxygens (including phenoxy) is 1. The summed E-state index contributed by atoms with van der Waals surface area (Å²) in [6.07, 6.45) is 4.23. The second-order valence-corrected chi connectivity index (χ2v) is 6.97. The molecule has 1 aromatic heterocycles. The number of carbonyl (C=O) groups is 3. The number of nitrogens with one attached hydrogen (secondary N) is 4. The van der Waals surface area contributed by atoms with Crippen molar-refractivity contribution in [1.29, 1.82) is 0 Å². The van der Waals surface area contributed by atoms with Gasteiger partial charge in [-0.2, -0.15) is 0 Å². The van der Waals surface area contributed by atoms with Gasteiger partial charge in [-0.05, 0) is 61.5 Å². The van der Waals surface area contributed by atoms with Gasteiger partial charge in [0.25, 0.3) is 11.8 Å². The number of aromatic nitrogens is 1. The molecule has 9 nitrogen and oxygen atoms in total. The van der Waals surface area contributed by atoms with Crippen LogP contribution in [0.5, 0.6) is 11.5 Å². The van der Waals surface area contributed by atoms with E-state index in [0.717, 1.165) is 0 Å². The number of amides is 4. The van der Waals surface area contributed by atoms with E-state index in [9.17, 15) is 14.4 Å². The Morgan fingerprint density at radius 3 is 2.15 bits per heavy atom. The Kier molecular flexibility index (Phi) is 7.98. The predicted molar refractivity (Wildman–Crippen MR) is 125 cm³/mol. The lowest BCUT2D eigenvalue weighted by Crippen LogP contribution is -2.41. The molecule has 0 bridgehead atoms. The van der Waals surface area contributed by atoms with Gasteiger partial charge in [-0.1, -0.05) is 17.7 Å². The van der Waals surface area contributed by atoms with Crippen molar-refractivity contribution in [3.05, 3.63) is 89.7 Å². The molecule has 0 aliphatic rings. The third-order valence-electron chi connectivity index (χ3n) is 4.03. The van der Waals surface area contributed by atoms with Crippen LogP contribution in [0.2, 0.25) is 5.02 Å². The summed E-state index contributed by atoms with van der Waals surface area (Å²) in [6.45, 7) is 1.68. The fourth-order valence-electron chi connectivity index (χ4n) is 2.54. The molecule has 3 rings (SSSR count). The first-order valence-electron chi connectivity index (χ1n) is 9.73. The highest BCUT2D eigenvalue weighted by Crippen LogP contribution is 2.23. The standard InChI is InChI=1S/C23H20ClN5O4/c1-2-3-21(30)28-29-22(31)20-14-19(12-13-25-20)33-18-10-8-17(9-11-18)27-23(32)26-16-6-4-15(24)5-7-16/h2-14H,1H3,(H,28,30)(H,29,31)(H2,26,27,32)/b3-2+. The minimum Gasteiger partial charge on any atom is -0.457 e. The summed E-state index contributed by atoms with van der Waals surface area (Å²) >= 11 is 5.83. The van der Waals surface area contributed by atoms with Crippen LogP contribution in [-0.2, 0) is 4.79 Å². The average Bonchev–Trinajstić information content (AvgIpc) is 2.81. The van der Waals surface area contributed by atoms with E-state index in [0.29, 0.717) is 27.9 Å². The first kappa shape index (κ1) is 23.3. The molecule has 3 aromatic rings. The summed E-state index contributed by atoms with van der Waals surface area (Å²) in [5.41, 5.74) is 5.72. The minimum absolute atomic E-state index is 0.0606. The van der Waals surface area contributed by atoms with Crippen molar-refractivity contribution in [3.63, 3.8) is 0 Å². The Hall–Kier alpha value is -4.37. The number of hydrazine groups is 1. The van der Waals surface area contributed by atoms with E-state index in [4.69, 9.17) is 16.3 Å². The summed E-state index contributed by atoms with van der Waals surface area (Å²) in [4.78, 5) is 39.6. The van der Waals surface area contributed by atoms with E-state index in [1.807, 2.05) is 0 Å². The Bertz CT molecular complexity index is 1160. The molecule has 0 radical (unpaired) electrons. The maximum atomic E-state index is 12.1. The molecule has 0 unspecified atom stereocenters. The van der Waals surface area contributed by atoms with Gasteiger partial charge in [0.2, 0.25) is 0 Å². The van der Waals surface area contributed by atoms with Crippen molar-refractivity contribution in [2.24, 2.45) is 0 Å². The molecule has 4 amide bonds. The van der Waals surface area contributed by atoms with E-state index in [2.05, 4.69) is 26.5 Å². The minimum atomic E-state index is -0.593. The number of rotatable bonds is 6. The number of allylic oxidation sites excluding steroid dienone is 1. The maximum Gasteiger partial charge on any atom is 0.323 e. The van der Waals surface area contributed by atoms with Crippen molar-refractivity contribution in [1.82, 2.24) is 15.8 Å². The number of anilines is 2. The largest absolute Gasteiger partial charge is 0.457 e. The second kappa shape index (κ2) is 11.3. The number of halogens is 1. The maximum absolute atomic E-state index is 12.1. The number of urea groups is 1. The van der Waals surface area contributed by atoms with Crippen molar-refractivity contribution in [3.8, 4) is 11.5 Å². The van der Waals surface area contributed by atoms with Crippen LogP contribution in [0.25, 0.3) is 0 Å². The molecular weight excluding hydrogens is 446 g/mol. The van der Waals surface area contributed by atoms with Gasteiger partial charge in [-0.25, -0.2) is 4.79 Å². The van der Waals surface area contributed by atoms with Crippen LogP contribution in [0.15, 0.2) is 79.0 Å². The van der Waals surface area contributed by atoms with Crippen LogP contribution in [-0.4, -0.2) is 22.8 Å². The molecule has 0 saturated carbocycles.